The fraction of sp³-hybridized carbons (Fsp3) is 0.500. The number of hydrogen-bond donors (Lipinski definition) is 0. The molecule has 2 saturated heterocycles. The van der Waals surface area contributed by atoms with Crippen LogP contribution < -0.4 is 4.74 Å². The molecule has 1 aromatic rings. The van der Waals surface area contributed by atoms with Crippen molar-refractivity contribution in [1.82, 2.24) is 9.80 Å². The summed E-state index contributed by atoms with van der Waals surface area (Å²) in [6, 6.07) is 8.01. The zero-order chi connectivity index (χ0) is 16.3. The normalized spacial score (nSPS) is 25.3. The number of benzene rings is 1. The first-order valence-corrected chi connectivity index (χ1v) is 8.07. The number of likely N-dealkylation sites (tertiary alicyclic amines) is 1. The molecule has 2 aliphatic rings. The van der Waals surface area contributed by atoms with E-state index in [0.29, 0.717) is 6.54 Å². The van der Waals surface area contributed by atoms with E-state index >= 15 is 0 Å². The van der Waals surface area contributed by atoms with Crippen LogP contribution in [-0.4, -0.2) is 61.8 Å². The van der Waals surface area contributed by atoms with Crippen LogP contribution in [0.15, 0.2) is 30.3 Å². The lowest BCUT2D eigenvalue weighted by molar-refractivity contribution is -0.00509. The number of methoxy groups -OCH3 is 1. The molecule has 0 saturated carbocycles. The molecule has 2 heterocycles. The zero-order valence-corrected chi connectivity index (χ0v) is 13.8. The van der Waals surface area contributed by atoms with Gasteiger partial charge in [-0.25, -0.2) is 4.79 Å². The topological polar surface area (TPSA) is 42.0 Å². The van der Waals surface area contributed by atoms with Crippen LogP contribution in [-0.2, 0) is 4.74 Å². The lowest BCUT2D eigenvalue weighted by Crippen LogP contribution is -2.50. The largest absolute Gasteiger partial charge is 0.497 e. The van der Waals surface area contributed by atoms with Gasteiger partial charge in [-0.05, 0) is 37.1 Å². The van der Waals surface area contributed by atoms with Gasteiger partial charge in [-0.1, -0.05) is 24.3 Å². The third-order valence-corrected chi connectivity index (χ3v) is 4.55. The van der Waals surface area contributed by atoms with E-state index in [1.54, 1.807) is 19.1 Å². The number of nitrogens with zero attached hydrogens (tertiary/aromatic N) is 2. The van der Waals surface area contributed by atoms with Crippen molar-refractivity contribution in [1.29, 1.82) is 0 Å². The van der Waals surface area contributed by atoms with Gasteiger partial charge in [0.15, 0.2) is 0 Å². The number of amides is 1. The molecule has 0 N–H and O–H groups in total. The molecule has 0 aliphatic carbocycles. The number of likely N-dealkylation sites (N-methyl/N-ethyl adjacent to an activating group) is 1. The zero-order valence-electron chi connectivity index (χ0n) is 13.8. The van der Waals surface area contributed by atoms with Gasteiger partial charge < -0.3 is 14.4 Å². The summed E-state index contributed by atoms with van der Waals surface area (Å²) >= 11 is 0. The highest BCUT2D eigenvalue weighted by atomic mass is 16.6. The first kappa shape index (κ1) is 15.9. The number of rotatable bonds is 4. The molecule has 0 radical (unpaired) electrons. The SMILES string of the molecule is COc1ccc(/C=C/CN2CCC[C@]3(C2)CN(C)C(=O)O3)cc1. The maximum absolute atomic E-state index is 11.7. The summed E-state index contributed by atoms with van der Waals surface area (Å²) in [5.74, 6) is 0.868. The van der Waals surface area contributed by atoms with E-state index in [9.17, 15) is 4.79 Å². The Labute approximate surface area is 137 Å². The molecule has 2 aliphatic heterocycles. The average molecular weight is 316 g/mol. The highest BCUT2D eigenvalue weighted by Crippen LogP contribution is 2.31. The van der Waals surface area contributed by atoms with Gasteiger partial charge in [-0.3, -0.25) is 4.90 Å². The summed E-state index contributed by atoms with van der Waals surface area (Å²) in [6.45, 7) is 3.44. The van der Waals surface area contributed by atoms with E-state index in [1.807, 2.05) is 24.3 Å². The van der Waals surface area contributed by atoms with Crippen molar-refractivity contribution in [2.75, 3.05) is 40.3 Å². The van der Waals surface area contributed by atoms with Crippen molar-refractivity contribution in [3.05, 3.63) is 35.9 Å². The van der Waals surface area contributed by atoms with Crippen LogP contribution in [0.2, 0.25) is 0 Å². The number of hydrogen-bond acceptors (Lipinski definition) is 4. The van der Waals surface area contributed by atoms with Crippen molar-refractivity contribution in [3.8, 4) is 5.75 Å². The molecule has 0 unspecified atom stereocenters. The number of piperidine rings is 1. The maximum Gasteiger partial charge on any atom is 0.410 e. The molecule has 1 atom stereocenters. The molecule has 0 aromatic heterocycles. The molecule has 0 bridgehead atoms. The fourth-order valence-corrected chi connectivity index (χ4v) is 3.40. The monoisotopic (exact) mass is 316 g/mol. The third-order valence-electron chi connectivity index (χ3n) is 4.55. The summed E-state index contributed by atoms with van der Waals surface area (Å²) in [5, 5.41) is 0. The van der Waals surface area contributed by atoms with Gasteiger partial charge in [0.25, 0.3) is 0 Å². The predicted octanol–water partition coefficient (Wildman–Crippen LogP) is 2.63. The number of ether oxygens (including phenoxy) is 2. The van der Waals surface area contributed by atoms with Crippen LogP contribution in [0.25, 0.3) is 6.08 Å². The standard InChI is InChI=1S/C18H24N2O3/c1-19-13-18(23-17(19)21)10-4-12-20(14-18)11-3-5-15-6-8-16(22-2)9-7-15/h3,5-9H,4,10-14H2,1-2H3/b5-3+/t18-/m1/s1. The van der Waals surface area contributed by atoms with E-state index in [-0.39, 0.29) is 11.7 Å². The lowest BCUT2D eigenvalue weighted by Gasteiger charge is -2.37. The smallest absolute Gasteiger partial charge is 0.410 e. The Morgan fingerprint density at radius 1 is 1.30 bits per heavy atom. The van der Waals surface area contributed by atoms with Gasteiger partial charge in [0, 0.05) is 20.1 Å². The molecule has 5 heteroatoms. The highest BCUT2D eigenvalue weighted by molar-refractivity contribution is 5.70. The Morgan fingerprint density at radius 2 is 2.09 bits per heavy atom. The maximum atomic E-state index is 11.7. The second-order valence-electron chi connectivity index (χ2n) is 6.42. The molecule has 1 amide bonds. The molecular weight excluding hydrogens is 292 g/mol. The second kappa shape index (κ2) is 6.62. The van der Waals surface area contributed by atoms with Crippen LogP contribution in [0.1, 0.15) is 18.4 Å². The highest BCUT2D eigenvalue weighted by Gasteiger charge is 2.46. The number of carbonyl (C=O) groups is 1. The summed E-state index contributed by atoms with van der Waals surface area (Å²) < 4.78 is 10.8. The molecular formula is C18H24N2O3. The molecule has 2 fully saturated rings. The minimum atomic E-state index is -0.308. The fourth-order valence-electron chi connectivity index (χ4n) is 3.40. The van der Waals surface area contributed by atoms with E-state index in [1.165, 1.54) is 0 Å². The van der Waals surface area contributed by atoms with E-state index in [2.05, 4.69) is 17.1 Å². The van der Waals surface area contributed by atoms with Gasteiger partial charge in [0.2, 0.25) is 0 Å². The Morgan fingerprint density at radius 3 is 2.74 bits per heavy atom. The van der Waals surface area contributed by atoms with Crippen LogP contribution in [0.3, 0.4) is 0 Å². The summed E-state index contributed by atoms with van der Waals surface area (Å²) in [5.41, 5.74) is 0.849. The van der Waals surface area contributed by atoms with Gasteiger partial charge in [-0.15, -0.1) is 0 Å². The van der Waals surface area contributed by atoms with Crippen molar-refractivity contribution in [2.24, 2.45) is 0 Å². The summed E-state index contributed by atoms with van der Waals surface area (Å²) in [4.78, 5) is 15.7. The molecule has 23 heavy (non-hydrogen) atoms. The van der Waals surface area contributed by atoms with Crippen molar-refractivity contribution in [2.45, 2.75) is 18.4 Å². The molecule has 1 aromatic carbocycles. The van der Waals surface area contributed by atoms with Crippen molar-refractivity contribution in [3.63, 3.8) is 0 Å². The van der Waals surface area contributed by atoms with E-state index in [0.717, 1.165) is 43.8 Å². The Kier molecular flexibility index (Phi) is 4.57. The summed E-state index contributed by atoms with van der Waals surface area (Å²) in [6.07, 6.45) is 6.12. The Balaban J connectivity index is 1.55. The van der Waals surface area contributed by atoms with E-state index in [4.69, 9.17) is 9.47 Å². The van der Waals surface area contributed by atoms with Gasteiger partial charge in [0.05, 0.1) is 13.7 Å². The van der Waals surface area contributed by atoms with Gasteiger partial charge >= 0.3 is 6.09 Å². The minimum Gasteiger partial charge on any atom is -0.497 e. The van der Waals surface area contributed by atoms with Crippen molar-refractivity contribution < 1.29 is 14.3 Å². The van der Waals surface area contributed by atoms with Crippen LogP contribution in [0, 0.1) is 0 Å². The third kappa shape index (κ3) is 3.67. The van der Waals surface area contributed by atoms with Crippen LogP contribution in [0.4, 0.5) is 4.79 Å². The molecule has 5 nitrogen and oxygen atoms in total. The molecule has 124 valence electrons. The van der Waals surface area contributed by atoms with Crippen molar-refractivity contribution >= 4 is 12.2 Å². The predicted molar refractivity (Wildman–Crippen MR) is 89.5 cm³/mol. The Hall–Kier alpha value is -2.01. The first-order valence-electron chi connectivity index (χ1n) is 8.07. The van der Waals surface area contributed by atoms with Gasteiger partial charge in [0.1, 0.15) is 11.4 Å². The summed E-state index contributed by atoms with van der Waals surface area (Å²) in [7, 11) is 3.48. The molecule has 3 rings (SSSR count). The van der Waals surface area contributed by atoms with Crippen LogP contribution in [0.5, 0.6) is 5.75 Å². The second-order valence-corrected chi connectivity index (χ2v) is 6.42. The van der Waals surface area contributed by atoms with Gasteiger partial charge in [-0.2, -0.15) is 0 Å². The quantitative estimate of drug-likeness (QED) is 0.856. The lowest BCUT2D eigenvalue weighted by atomic mass is 9.93. The molecule has 1 spiro atoms. The van der Waals surface area contributed by atoms with E-state index < -0.39 is 0 Å². The number of carbonyl (C=O) groups excluding carboxylic acids is 1. The minimum absolute atomic E-state index is 0.194. The van der Waals surface area contributed by atoms with Crippen LogP contribution >= 0.6 is 0 Å². The first-order chi connectivity index (χ1) is 11.1. The Bertz CT molecular complexity index is 584. The average Bonchev–Trinajstić information content (AvgIpc) is 2.81.